The number of allylic oxidation sites excluding steroid dienone is 4. The van der Waals surface area contributed by atoms with Gasteiger partial charge in [-0.15, -0.1) is 0 Å². The molecule has 4 unspecified atom stereocenters. The molecular weight excluding hydrogens is 404 g/mol. The smallest absolute Gasteiger partial charge is 0.0850 e. The van der Waals surface area contributed by atoms with Gasteiger partial charge >= 0.3 is 0 Å². The third-order valence-electron chi connectivity index (χ3n) is 7.47. The summed E-state index contributed by atoms with van der Waals surface area (Å²) in [6.07, 6.45) is 22.9. The summed E-state index contributed by atoms with van der Waals surface area (Å²) in [5, 5.41) is 10.5. The summed E-state index contributed by atoms with van der Waals surface area (Å²) < 4.78 is 6.32. The van der Waals surface area contributed by atoms with Crippen molar-refractivity contribution in [3.05, 3.63) is 41.4 Å². The molecule has 0 aromatic carbocycles. The molecule has 0 aromatic rings. The van der Waals surface area contributed by atoms with Gasteiger partial charge in [0.1, 0.15) is 0 Å². The molecule has 2 heteroatoms. The van der Waals surface area contributed by atoms with Crippen LogP contribution in [0.4, 0.5) is 0 Å². The van der Waals surface area contributed by atoms with Gasteiger partial charge in [-0.25, -0.2) is 0 Å². The second-order valence-corrected chi connectivity index (χ2v) is 11.0. The van der Waals surface area contributed by atoms with Crippen LogP contribution in [0.25, 0.3) is 0 Å². The molecule has 0 saturated carbocycles. The Bertz CT molecular complexity index is 610. The van der Waals surface area contributed by atoms with Crippen LogP contribution in [-0.4, -0.2) is 23.4 Å². The Kier molecular flexibility index (Phi) is 15.3. The molecule has 1 N–H and O–H groups in total. The molecule has 0 bridgehead atoms. The van der Waals surface area contributed by atoms with Gasteiger partial charge in [0.2, 0.25) is 0 Å². The van der Waals surface area contributed by atoms with Gasteiger partial charge < -0.3 is 16.3 Å². The van der Waals surface area contributed by atoms with E-state index in [1.165, 1.54) is 48.8 Å². The van der Waals surface area contributed by atoms with Crippen LogP contribution in [0.15, 0.2) is 34.9 Å². The number of ether oxygens (including phenoxy) is 1. The number of hydrogen-bond donors (Lipinski definition) is 1. The van der Waals surface area contributed by atoms with Crippen molar-refractivity contribution in [1.29, 1.82) is 0 Å². The summed E-state index contributed by atoms with van der Waals surface area (Å²) in [5.41, 5.74) is 3.90. The number of aliphatic hydroxyl groups is 1. The fraction of sp³-hybridized carbons (Fsp3) is 0.774. The Hall–Kier alpha value is -0.860. The summed E-state index contributed by atoms with van der Waals surface area (Å²) in [4.78, 5) is 0. The van der Waals surface area contributed by atoms with Crippen molar-refractivity contribution in [2.45, 2.75) is 137 Å². The number of rotatable bonds is 18. The molecule has 0 heterocycles. The molecule has 0 aliphatic heterocycles. The SMILES string of the molecule is C[CH-]CCCC(C)(O)CC/C=C(\C)CCCC(C)CCC1=CC=C(C)C(C)C1OCCCC. The Labute approximate surface area is 207 Å². The van der Waals surface area contributed by atoms with Gasteiger partial charge in [-0.05, 0) is 83.6 Å². The van der Waals surface area contributed by atoms with Crippen LogP contribution in [0.5, 0.6) is 0 Å². The first-order valence-corrected chi connectivity index (χ1v) is 13.8. The Balaban J connectivity index is 2.33. The maximum atomic E-state index is 10.5. The molecule has 33 heavy (non-hydrogen) atoms. The minimum Gasteiger partial charge on any atom is -0.390 e. The molecule has 1 aliphatic carbocycles. The van der Waals surface area contributed by atoms with E-state index in [1.807, 2.05) is 6.92 Å². The van der Waals surface area contributed by atoms with E-state index < -0.39 is 5.60 Å². The van der Waals surface area contributed by atoms with Crippen LogP contribution in [0.2, 0.25) is 0 Å². The lowest BCUT2D eigenvalue weighted by atomic mass is 9.83. The highest BCUT2D eigenvalue weighted by molar-refractivity contribution is 5.29. The second-order valence-electron chi connectivity index (χ2n) is 11.0. The van der Waals surface area contributed by atoms with Crippen molar-refractivity contribution in [2.75, 3.05) is 6.61 Å². The zero-order valence-electron chi connectivity index (χ0n) is 23.1. The van der Waals surface area contributed by atoms with Crippen molar-refractivity contribution >= 4 is 0 Å². The number of unbranched alkanes of at least 4 members (excludes halogenated alkanes) is 3. The van der Waals surface area contributed by atoms with E-state index in [2.05, 4.69) is 66.2 Å². The molecule has 0 radical (unpaired) electrons. The fourth-order valence-corrected chi connectivity index (χ4v) is 4.71. The molecule has 0 fully saturated rings. The van der Waals surface area contributed by atoms with Gasteiger partial charge in [0.15, 0.2) is 0 Å². The van der Waals surface area contributed by atoms with Crippen molar-refractivity contribution < 1.29 is 9.84 Å². The van der Waals surface area contributed by atoms with Crippen LogP contribution in [0, 0.1) is 18.3 Å². The molecule has 0 aromatic heterocycles. The van der Waals surface area contributed by atoms with Crippen LogP contribution in [0.1, 0.15) is 126 Å². The highest BCUT2D eigenvalue weighted by Gasteiger charge is 2.26. The van der Waals surface area contributed by atoms with Crippen molar-refractivity contribution in [3.63, 3.8) is 0 Å². The van der Waals surface area contributed by atoms with E-state index in [9.17, 15) is 5.11 Å². The monoisotopic (exact) mass is 459 g/mol. The normalized spacial score (nSPS) is 22.0. The fourth-order valence-electron chi connectivity index (χ4n) is 4.71. The maximum absolute atomic E-state index is 10.5. The largest absolute Gasteiger partial charge is 0.390 e. The predicted octanol–water partition coefficient (Wildman–Crippen LogP) is 9.15. The molecule has 4 atom stereocenters. The molecule has 2 nitrogen and oxygen atoms in total. The first-order valence-electron chi connectivity index (χ1n) is 13.8. The zero-order valence-corrected chi connectivity index (χ0v) is 23.1. The van der Waals surface area contributed by atoms with Crippen molar-refractivity contribution in [1.82, 2.24) is 0 Å². The maximum Gasteiger partial charge on any atom is 0.0850 e. The van der Waals surface area contributed by atoms with Crippen LogP contribution in [-0.2, 0) is 4.74 Å². The van der Waals surface area contributed by atoms with E-state index in [0.29, 0.717) is 5.92 Å². The lowest BCUT2D eigenvalue weighted by Crippen LogP contribution is -2.28. The van der Waals surface area contributed by atoms with Gasteiger partial charge in [0.05, 0.1) is 11.7 Å². The highest BCUT2D eigenvalue weighted by atomic mass is 16.5. The van der Waals surface area contributed by atoms with Gasteiger partial charge in [-0.3, -0.25) is 0 Å². The third-order valence-corrected chi connectivity index (χ3v) is 7.47. The van der Waals surface area contributed by atoms with E-state index in [-0.39, 0.29) is 6.10 Å². The first kappa shape index (κ1) is 30.2. The molecule has 1 rings (SSSR count). The zero-order chi connectivity index (χ0) is 24.7. The topological polar surface area (TPSA) is 29.5 Å². The summed E-state index contributed by atoms with van der Waals surface area (Å²) >= 11 is 0. The minimum absolute atomic E-state index is 0.274. The van der Waals surface area contributed by atoms with Gasteiger partial charge in [0.25, 0.3) is 0 Å². The van der Waals surface area contributed by atoms with E-state index in [0.717, 1.165) is 57.5 Å². The van der Waals surface area contributed by atoms with Gasteiger partial charge in [-0.1, -0.05) is 69.4 Å². The van der Waals surface area contributed by atoms with Crippen LogP contribution >= 0.6 is 0 Å². The second kappa shape index (κ2) is 16.7. The van der Waals surface area contributed by atoms with Gasteiger partial charge in [0, 0.05) is 12.5 Å². The van der Waals surface area contributed by atoms with Crippen molar-refractivity contribution in [2.24, 2.45) is 11.8 Å². The molecule has 0 saturated heterocycles. The highest BCUT2D eigenvalue weighted by Crippen LogP contribution is 2.32. The molecule has 192 valence electrons. The predicted molar refractivity (Wildman–Crippen MR) is 145 cm³/mol. The summed E-state index contributed by atoms with van der Waals surface area (Å²) in [5.74, 6) is 1.24. The molecular formula is C31H55O2-. The van der Waals surface area contributed by atoms with Gasteiger partial charge in [-0.2, -0.15) is 13.3 Å². The lowest BCUT2D eigenvalue weighted by molar-refractivity contribution is 0.0409. The van der Waals surface area contributed by atoms with Crippen LogP contribution in [0.3, 0.4) is 0 Å². The quantitative estimate of drug-likeness (QED) is 0.126. The Morgan fingerprint density at radius 2 is 1.97 bits per heavy atom. The van der Waals surface area contributed by atoms with E-state index in [4.69, 9.17) is 4.74 Å². The lowest BCUT2D eigenvalue weighted by Gasteiger charge is -2.31. The summed E-state index contributed by atoms with van der Waals surface area (Å²) in [6.45, 7) is 16.4. The standard InChI is InChI=1S/C31H55O2/c1-8-10-12-22-31(7,32)23-14-17-25(3)15-13-16-26(4)18-20-29-21-19-27(5)28(6)30(29)33-24-11-9-2/h8,17,19,21,26,28,30,32H,9-16,18,20,22-24H2,1-7H3/q-1/b25-17+. The van der Waals surface area contributed by atoms with Crippen molar-refractivity contribution in [3.8, 4) is 0 Å². The number of hydrogen-bond acceptors (Lipinski definition) is 2. The Morgan fingerprint density at radius 3 is 2.67 bits per heavy atom. The average molecular weight is 460 g/mol. The summed E-state index contributed by atoms with van der Waals surface area (Å²) in [6, 6.07) is 0. The average Bonchev–Trinajstić information content (AvgIpc) is 2.76. The van der Waals surface area contributed by atoms with E-state index >= 15 is 0 Å². The minimum atomic E-state index is -0.522. The van der Waals surface area contributed by atoms with Crippen LogP contribution < -0.4 is 0 Å². The summed E-state index contributed by atoms with van der Waals surface area (Å²) in [7, 11) is 0. The molecule has 0 spiro atoms. The third kappa shape index (κ3) is 13.0. The first-order chi connectivity index (χ1) is 15.7. The Morgan fingerprint density at radius 1 is 1.21 bits per heavy atom. The molecule has 0 amide bonds. The molecule has 1 aliphatic rings. The van der Waals surface area contributed by atoms with E-state index in [1.54, 1.807) is 0 Å².